The first-order chi connectivity index (χ1) is 21.9. The van der Waals surface area contributed by atoms with Crippen molar-refractivity contribution < 1.29 is 37.4 Å². The molecule has 0 saturated carbocycles. The van der Waals surface area contributed by atoms with Gasteiger partial charge in [0.15, 0.2) is 11.5 Å². The summed E-state index contributed by atoms with van der Waals surface area (Å²) in [5.41, 5.74) is 0.820. The molecular formula is C32H26F3N3O6S2. The molecule has 46 heavy (non-hydrogen) atoms. The number of nitrogens with zero attached hydrogens (tertiary/aromatic N) is 2. The van der Waals surface area contributed by atoms with E-state index in [1.54, 1.807) is 43.3 Å². The second kappa shape index (κ2) is 12.0. The molecule has 0 bridgehead atoms. The number of aromatic hydroxyl groups is 1. The minimum Gasteiger partial charge on any atom is -0.504 e. The Morgan fingerprint density at radius 1 is 1.02 bits per heavy atom. The number of amides is 3. The third kappa shape index (κ3) is 5.66. The maximum Gasteiger partial charge on any atom is 0.416 e. The van der Waals surface area contributed by atoms with E-state index in [4.69, 9.17) is 4.74 Å². The topological polar surface area (TPSA) is 118 Å². The SMILES string of the molecule is CCOc1cc([C@@H]2c3sc(=O)n(CC(=O)Nc4cccc(C(F)(F)F)c4)c3SC3C(=O)N(c4ccc(C)cc4)C(=O)C32)ccc1O. The number of hydrogen-bond acceptors (Lipinski definition) is 8. The van der Waals surface area contributed by atoms with Crippen LogP contribution in [0, 0.1) is 12.8 Å². The molecule has 1 aromatic heterocycles. The Balaban J connectivity index is 1.41. The van der Waals surface area contributed by atoms with Gasteiger partial charge in [-0.3, -0.25) is 23.7 Å². The van der Waals surface area contributed by atoms with Crippen molar-refractivity contribution in [3.63, 3.8) is 0 Å². The lowest BCUT2D eigenvalue weighted by molar-refractivity contribution is -0.137. The highest BCUT2D eigenvalue weighted by Crippen LogP contribution is 2.54. The second-order valence-corrected chi connectivity index (χ2v) is 12.9. The number of alkyl halides is 3. The van der Waals surface area contributed by atoms with E-state index in [-0.39, 0.29) is 23.8 Å². The lowest BCUT2D eigenvalue weighted by Crippen LogP contribution is -2.33. The predicted molar refractivity (Wildman–Crippen MR) is 167 cm³/mol. The molecule has 14 heteroatoms. The van der Waals surface area contributed by atoms with Crippen LogP contribution in [0.5, 0.6) is 11.5 Å². The van der Waals surface area contributed by atoms with Gasteiger partial charge in [-0.2, -0.15) is 13.2 Å². The third-order valence-corrected chi connectivity index (χ3v) is 10.4. The average Bonchev–Trinajstić information content (AvgIpc) is 3.45. The maximum atomic E-state index is 14.1. The molecule has 0 spiro atoms. The second-order valence-electron chi connectivity index (χ2n) is 10.8. The summed E-state index contributed by atoms with van der Waals surface area (Å²) in [4.78, 5) is 55.4. The Morgan fingerprint density at radius 2 is 1.76 bits per heavy atom. The van der Waals surface area contributed by atoms with Crippen LogP contribution in [0.15, 0.2) is 76.6 Å². The Hall–Kier alpha value is -4.56. The summed E-state index contributed by atoms with van der Waals surface area (Å²) in [5, 5.41) is 12.1. The molecule has 0 radical (unpaired) electrons. The largest absolute Gasteiger partial charge is 0.504 e. The number of rotatable bonds is 7. The van der Waals surface area contributed by atoms with E-state index in [2.05, 4.69) is 5.32 Å². The number of carbonyl (C=O) groups excluding carboxylic acids is 3. The zero-order valence-corrected chi connectivity index (χ0v) is 26.0. The van der Waals surface area contributed by atoms with Gasteiger partial charge in [0, 0.05) is 16.5 Å². The molecule has 2 aliphatic rings. The van der Waals surface area contributed by atoms with Crippen LogP contribution in [0.1, 0.15) is 34.4 Å². The molecular weight excluding hydrogens is 643 g/mol. The third-order valence-electron chi connectivity index (χ3n) is 7.76. The van der Waals surface area contributed by atoms with Gasteiger partial charge in [0.05, 0.1) is 28.8 Å². The number of carbonyl (C=O) groups is 3. The number of thiazole rings is 1. The summed E-state index contributed by atoms with van der Waals surface area (Å²) >= 11 is 1.83. The quantitative estimate of drug-likeness (QED) is 0.240. The highest BCUT2D eigenvalue weighted by Gasteiger charge is 2.57. The molecule has 238 valence electrons. The van der Waals surface area contributed by atoms with E-state index < -0.39 is 58.0 Å². The monoisotopic (exact) mass is 669 g/mol. The van der Waals surface area contributed by atoms with Gasteiger partial charge in [-0.25, -0.2) is 4.90 Å². The van der Waals surface area contributed by atoms with E-state index in [0.717, 1.165) is 51.8 Å². The van der Waals surface area contributed by atoms with Crippen molar-refractivity contribution in [2.45, 2.75) is 42.8 Å². The standard InChI is InChI=1S/C32H26F3N3O6S2/c1-3-44-22-13-17(9-12-21(22)39)24-25-26(29(42)38(28(25)41)20-10-7-16(2)8-11-20)45-30-27(24)46-31(43)37(30)15-23(40)36-19-6-4-5-18(14-19)32(33,34)35/h4-14,24-26,39H,3,15H2,1-2H3,(H,36,40)/t24-,25?,26?/m0/s1. The number of anilines is 2. The number of hydrogen-bond donors (Lipinski definition) is 2. The molecule has 3 amide bonds. The highest BCUT2D eigenvalue weighted by molar-refractivity contribution is 8.00. The van der Waals surface area contributed by atoms with Crippen molar-refractivity contribution in [1.29, 1.82) is 0 Å². The number of aryl methyl sites for hydroxylation is 1. The number of halogens is 3. The normalized spacial score (nSPS) is 19.2. The first-order valence-corrected chi connectivity index (χ1v) is 15.8. The molecule has 4 aromatic rings. The molecule has 2 N–H and O–H groups in total. The van der Waals surface area contributed by atoms with Gasteiger partial charge in [0.25, 0.3) is 0 Å². The molecule has 9 nitrogen and oxygen atoms in total. The number of aromatic nitrogens is 1. The van der Waals surface area contributed by atoms with E-state index in [1.165, 1.54) is 16.7 Å². The summed E-state index contributed by atoms with van der Waals surface area (Å²) in [7, 11) is 0. The zero-order valence-electron chi connectivity index (χ0n) is 24.3. The molecule has 1 saturated heterocycles. The molecule has 0 aliphatic carbocycles. The fourth-order valence-electron chi connectivity index (χ4n) is 5.68. The number of benzene rings is 3. The number of nitrogens with one attached hydrogen (secondary N) is 1. The van der Waals surface area contributed by atoms with Crippen LogP contribution in [0.25, 0.3) is 0 Å². The summed E-state index contributed by atoms with van der Waals surface area (Å²) < 4.78 is 46.4. The van der Waals surface area contributed by atoms with Crippen molar-refractivity contribution in [3.05, 3.63) is 98.0 Å². The molecule has 6 rings (SSSR count). The van der Waals surface area contributed by atoms with Crippen LogP contribution in [0.2, 0.25) is 0 Å². The van der Waals surface area contributed by atoms with Crippen molar-refractivity contribution in [2.75, 3.05) is 16.8 Å². The van der Waals surface area contributed by atoms with Crippen LogP contribution in [0.4, 0.5) is 24.5 Å². The van der Waals surface area contributed by atoms with Crippen molar-refractivity contribution in [1.82, 2.24) is 4.57 Å². The Morgan fingerprint density at radius 3 is 2.46 bits per heavy atom. The number of thioether (sulfide) groups is 1. The number of ether oxygens (including phenoxy) is 1. The lowest BCUT2D eigenvalue weighted by Gasteiger charge is -2.31. The lowest BCUT2D eigenvalue weighted by atomic mass is 9.83. The number of fused-ring (bicyclic) bond motifs is 2. The maximum absolute atomic E-state index is 14.1. The highest BCUT2D eigenvalue weighted by atomic mass is 32.2. The van der Waals surface area contributed by atoms with Crippen LogP contribution >= 0.6 is 23.1 Å². The Kier molecular flexibility index (Phi) is 8.19. The summed E-state index contributed by atoms with van der Waals surface area (Å²) in [5.74, 6) is -3.38. The number of phenolic OH excluding ortho intramolecular Hbond substituents is 1. The predicted octanol–water partition coefficient (Wildman–Crippen LogP) is 5.78. The zero-order chi connectivity index (χ0) is 32.9. The van der Waals surface area contributed by atoms with Gasteiger partial charge >= 0.3 is 11.0 Å². The summed E-state index contributed by atoms with van der Waals surface area (Å²) in [6.07, 6.45) is -4.61. The van der Waals surface area contributed by atoms with Crippen LogP contribution in [-0.2, 0) is 27.1 Å². The number of imide groups is 1. The fraction of sp³-hybridized carbons (Fsp3) is 0.250. The van der Waals surface area contributed by atoms with Crippen molar-refractivity contribution in [2.24, 2.45) is 5.92 Å². The van der Waals surface area contributed by atoms with Gasteiger partial charge in [-0.1, -0.05) is 52.9 Å². The molecule has 2 aliphatic heterocycles. The summed E-state index contributed by atoms with van der Waals surface area (Å²) in [6.45, 7) is 3.33. The first-order valence-electron chi connectivity index (χ1n) is 14.1. The number of phenols is 1. The van der Waals surface area contributed by atoms with Crippen molar-refractivity contribution in [3.8, 4) is 11.5 Å². The van der Waals surface area contributed by atoms with Gasteiger partial charge < -0.3 is 15.2 Å². The van der Waals surface area contributed by atoms with Crippen molar-refractivity contribution >= 4 is 52.2 Å². The van der Waals surface area contributed by atoms with E-state index in [9.17, 15) is 37.5 Å². The van der Waals surface area contributed by atoms with Gasteiger partial charge in [-0.15, -0.1) is 0 Å². The van der Waals surface area contributed by atoms with Crippen LogP contribution < -0.4 is 19.8 Å². The Bertz CT molecular complexity index is 1920. The minimum atomic E-state index is -4.61. The van der Waals surface area contributed by atoms with Gasteiger partial charge in [0.2, 0.25) is 17.7 Å². The fourth-order valence-corrected chi connectivity index (χ4v) is 8.45. The Labute approximate surface area is 268 Å². The molecule has 3 aromatic carbocycles. The average molecular weight is 670 g/mol. The smallest absolute Gasteiger partial charge is 0.416 e. The molecule has 1 fully saturated rings. The van der Waals surface area contributed by atoms with E-state index in [0.29, 0.717) is 21.2 Å². The van der Waals surface area contributed by atoms with Crippen LogP contribution in [0.3, 0.4) is 0 Å². The van der Waals surface area contributed by atoms with Gasteiger partial charge in [0.1, 0.15) is 11.8 Å². The molecule has 3 heterocycles. The van der Waals surface area contributed by atoms with Crippen LogP contribution in [-0.4, -0.2) is 39.3 Å². The molecule has 2 unspecified atom stereocenters. The first kappa shape index (κ1) is 31.4. The molecule has 3 atom stereocenters. The van der Waals surface area contributed by atoms with E-state index >= 15 is 0 Å². The minimum absolute atomic E-state index is 0.0968. The van der Waals surface area contributed by atoms with Gasteiger partial charge in [-0.05, 0) is 61.9 Å². The van der Waals surface area contributed by atoms with E-state index in [1.807, 2.05) is 6.92 Å². The summed E-state index contributed by atoms with van der Waals surface area (Å²) in [6, 6.07) is 15.7.